The molecule has 1 unspecified atom stereocenters. The zero-order valence-electron chi connectivity index (χ0n) is 15.9. The highest BCUT2D eigenvalue weighted by molar-refractivity contribution is 5.83. The summed E-state index contributed by atoms with van der Waals surface area (Å²) in [6, 6.07) is 5.98. The van der Waals surface area contributed by atoms with Crippen molar-refractivity contribution in [1.29, 1.82) is 0 Å². The molecule has 0 fully saturated rings. The van der Waals surface area contributed by atoms with Crippen LogP contribution in [-0.4, -0.2) is 28.6 Å². The van der Waals surface area contributed by atoms with Crippen LogP contribution < -0.4 is 10.1 Å². The Morgan fingerprint density at radius 3 is 2.44 bits per heavy atom. The molecule has 0 heterocycles. The number of ether oxygens (including phenoxy) is 1. The Labute approximate surface area is 150 Å². The van der Waals surface area contributed by atoms with Crippen molar-refractivity contribution in [2.75, 3.05) is 0 Å². The van der Waals surface area contributed by atoms with E-state index in [0.29, 0.717) is 18.1 Å². The third-order valence-corrected chi connectivity index (χ3v) is 3.77. The van der Waals surface area contributed by atoms with Crippen LogP contribution in [0.1, 0.15) is 58.1 Å². The number of nitrogens with one attached hydrogen (secondary N) is 1. The van der Waals surface area contributed by atoms with Gasteiger partial charge in [-0.3, -0.25) is 4.79 Å². The fraction of sp³-hybridized carbons (Fsp3) is 0.500. The zero-order valence-corrected chi connectivity index (χ0v) is 15.9. The molecule has 0 radical (unpaired) electrons. The van der Waals surface area contributed by atoms with E-state index in [2.05, 4.69) is 25.2 Å². The van der Waals surface area contributed by atoms with Crippen LogP contribution in [0.3, 0.4) is 0 Å². The minimum atomic E-state index is -1.05. The minimum absolute atomic E-state index is 0.268. The second kappa shape index (κ2) is 8.70. The second-order valence-corrected chi connectivity index (χ2v) is 7.13. The van der Waals surface area contributed by atoms with E-state index in [-0.39, 0.29) is 5.91 Å². The summed E-state index contributed by atoms with van der Waals surface area (Å²) in [6.07, 6.45) is 2.34. The molecule has 5 heteroatoms. The van der Waals surface area contributed by atoms with Crippen LogP contribution in [-0.2, 0) is 9.59 Å². The molecule has 1 aromatic rings. The van der Waals surface area contributed by atoms with Gasteiger partial charge in [0, 0.05) is 6.08 Å². The third kappa shape index (κ3) is 6.99. The van der Waals surface area contributed by atoms with Gasteiger partial charge >= 0.3 is 5.97 Å². The first kappa shape index (κ1) is 20.7. The maximum absolute atomic E-state index is 12.5. The molecule has 5 nitrogen and oxygen atoms in total. The van der Waals surface area contributed by atoms with Gasteiger partial charge in [0.1, 0.15) is 5.75 Å². The molecule has 0 saturated carbocycles. The third-order valence-electron chi connectivity index (χ3n) is 3.77. The number of hydrogen-bond donors (Lipinski definition) is 2. The minimum Gasteiger partial charge on any atom is -0.481 e. The number of carbonyl (C=O) groups excluding carboxylic acids is 1. The molecule has 0 spiro atoms. The first-order chi connectivity index (χ1) is 11.5. The molecular formula is C20H29NO4. The standard InChI is InChI=1S/C20H29NO4/c1-7-17(19(24)21-20(5,6)9-8-18(22)23)25-16-11-14(4)10-15(12-16)13(2)3/h8-13,17H,7H2,1-6H3,(H,21,24)(H,22,23)/b9-8+. The van der Waals surface area contributed by atoms with E-state index in [1.165, 1.54) is 6.08 Å². The summed E-state index contributed by atoms with van der Waals surface area (Å²) in [5, 5.41) is 11.6. The average Bonchev–Trinajstić information content (AvgIpc) is 2.49. The smallest absolute Gasteiger partial charge is 0.328 e. The van der Waals surface area contributed by atoms with Crippen molar-refractivity contribution in [2.45, 2.75) is 65.5 Å². The molecule has 1 atom stereocenters. The van der Waals surface area contributed by atoms with Gasteiger partial charge in [0.25, 0.3) is 5.91 Å². The molecule has 138 valence electrons. The monoisotopic (exact) mass is 347 g/mol. The second-order valence-electron chi connectivity index (χ2n) is 7.13. The molecule has 0 bridgehead atoms. The van der Waals surface area contributed by atoms with E-state index in [1.54, 1.807) is 13.8 Å². The molecule has 0 aliphatic heterocycles. The van der Waals surface area contributed by atoms with Gasteiger partial charge in [-0.2, -0.15) is 0 Å². The van der Waals surface area contributed by atoms with Crippen molar-refractivity contribution in [3.8, 4) is 5.75 Å². The Morgan fingerprint density at radius 1 is 1.28 bits per heavy atom. The molecule has 2 N–H and O–H groups in total. The summed E-state index contributed by atoms with van der Waals surface area (Å²) in [6.45, 7) is 11.6. The first-order valence-corrected chi connectivity index (χ1v) is 8.56. The predicted molar refractivity (Wildman–Crippen MR) is 99.0 cm³/mol. The van der Waals surface area contributed by atoms with Crippen LogP contribution in [0.25, 0.3) is 0 Å². The lowest BCUT2D eigenvalue weighted by Crippen LogP contribution is -2.48. The van der Waals surface area contributed by atoms with E-state index in [1.807, 2.05) is 26.0 Å². The fourth-order valence-electron chi connectivity index (χ4n) is 2.38. The lowest BCUT2D eigenvalue weighted by molar-refractivity contribution is -0.132. The summed E-state index contributed by atoms with van der Waals surface area (Å²) >= 11 is 0. The molecule has 1 rings (SSSR count). The number of benzene rings is 1. The largest absolute Gasteiger partial charge is 0.481 e. The van der Waals surface area contributed by atoms with Gasteiger partial charge in [-0.15, -0.1) is 0 Å². The lowest BCUT2D eigenvalue weighted by Gasteiger charge is -2.26. The summed E-state index contributed by atoms with van der Waals surface area (Å²) < 4.78 is 5.92. The number of rotatable bonds is 8. The molecule has 1 aromatic carbocycles. The summed E-state index contributed by atoms with van der Waals surface area (Å²) in [5.41, 5.74) is 1.47. The normalized spacial score (nSPS) is 13.1. The maximum Gasteiger partial charge on any atom is 0.328 e. The van der Waals surface area contributed by atoms with Crippen LogP contribution in [0, 0.1) is 6.92 Å². The number of carbonyl (C=O) groups is 2. The van der Waals surface area contributed by atoms with E-state index in [4.69, 9.17) is 9.84 Å². The Morgan fingerprint density at radius 2 is 1.92 bits per heavy atom. The van der Waals surface area contributed by atoms with E-state index in [9.17, 15) is 9.59 Å². The summed E-state index contributed by atoms with van der Waals surface area (Å²) in [5.74, 6) is -0.275. The molecular weight excluding hydrogens is 318 g/mol. The van der Waals surface area contributed by atoms with Crippen LogP contribution in [0.2, 0.25) is 0 Å². The summed E-state index contributed by atoms with van der Waals surface area (Å²) in [4.78, 5) is 23.2. The van der Waals surface area contributed by atoms with Crippen LogP contribution in [0.5, 0.6) is 5.75 Å². The van der Waals surface area contributed by atoms with Crippen LogP contribution in [0.4, 0.5) is 0 Å². The van der Waals surface area contributed by atoms with Crippen molar-refractivity contribution in [3.05, 3.63) is 41.5 Å². The van der Waals surface area contributed by atoms with Gasteiger partial charge in [-0.1, -0.05) is 32.9 Å². The maximum atomic E-state index is 12.5. The number of amides is 1. The van der Waals surface area contributed by atoms with Crippen molar-refractivity contribution < 1.29 is 19.4 Å². The highest BCUT2D eigenvalue weighted by atomic mass is 16.5. The molecule has 0 aliphatic carbocycles. The van der Waals surface area contributed by atoms with E-state index < -0.39 is 17.6 Å². The summed E-state index contributed by atoms with van der Waals surface area (Å²) in [7, 11) is 0. The van der Waals surface area contributed by atoms with Crippen molar-refractivity contribution in [1.82, 2.24) is 5.32 Å². The number of aliphatic carboxylic acids is 1. The molecule has 25 heavy (non-hydrogen) atoms. The Kier molecular flexibility index (Phi) is 7.22. The van der Waals surface area contributed by atoms with Gasteiger partial charge in [0.15, 0.2) is 6.10 Å². The average molecular weight is 347 g/mol. The fourth-order valence-corrected chi connectivity index (χ4v) is 2.38. The molecule has 0 aliphatic rings. The number of hydrogen-bond acceptors (Lipinski definition) is 3. The van der Waals surface area contributed by atoms with Crippen molar-refractivity contribution in [3.63, 3.8) is 0 Å². The van der Waals surface area contributed by atoms with Gasteiger partial charge in [0.05, 0.1) is 5.54 Å². The zero-order chi connectivity index (χ0) is 19.2. The van der Waals surface area contributed by atoms with Gasteiger partial charge in [0.2, 0.25) is 0 Å². The highest BCUT2D eigenvalue weighted by Crippen LogP contribution is 2.24. The van der Waals surface area contributed by atoms with Gasteiger partial charge < -0.3 is 15.2 Å². The van der Waals surface area contributed by atoms with Crippen molar-refractivity contribution in [2.24, 2.45) is 0 Å². The number of carboxylic acids is 1. The Balaban J connectivity index is 2.89. The number of aryl methyl sites for hydroxylation is 1. The highest BCUT2D eigenvalue weighted by Gasteiger charge is 2.25. The van der Waals surface area contributed by atoms with Crippen molar-refractivity contribution >= 4 is 11.9 Å². The number of carboxylic acid groups (broad SMARTS) is 1. The lowest BCUT2D eigenvalue weighted by atomic mass is 10.0. The molecule has 1 amide bonds. The Bertz CT molecular complexity index is 647. The Hall–Kier alpha value is -2.30. The first-order valence-electron chi connectivity index (χ1n) is 8.56. The predicted octanol–water partition coefficient (Wildman–Crippen LogP) is 3.81. The quantitative estimate of drug-likeness (QED) is 0.701. The van der Waals surface area contributed by atoms with Crippen LogP contribution in [0.15, 0.2) is 30.4 Å². The SMILES string of the molecule is CCC(Oc1cc(C)cc(C(C)C)c1)C(=O)NC(C)(C)/C=C/C(=O)O. The van der Waals surface area contributed by atoms with Gasteiger partial charge in [-0.25, -0.2) is 4.79 Å². The topological polar surface area (TPSA) is 75.6 Å². The molecule has 0 saturated heterocycles. The van der Waals surface area contributed by atoms with E-state index in [0.717, 1.165) is 17.2 Å². The molecule has 0 aromatic heterocycles. The van der Waals surface area contributed by atoms with Gasteiger partial charge in [-0.05, 0) is 56.4 Å². The van der Waals surface area contributed by atoms with E-state index >= 15 is 0 Å². The van der Waals surface area contributed by atoms with Crippen LogP contribution >= 0.6 is 0 Å².